The number of nitriles is 1. The minimum absolute atomic E-state index is 0.0613. The van der Waals surface area contributed by atoms with Crippen molar-refractivity contribution >= 4 is 28.5 Å². The number of hydrogen-bond acceptors (Lipinski definition) is 5. The Morgan fingerprint density at radius 2 is 2.09 bits per heavy atom. The van der Waals surface area contributed by atoms with Crippen molar-refractivity contribution in [2.75, 3.05) is 5.73 Å². The van der Waals surface area contributed by atoms with Crippen LogP contribution in [-0.2, 0) is 0 Å². The number of hydrogen-bond donors (Lipinski definition) is 2. The predicted octanol–water partition coefficient (Wildman–Crippen LogP) is 2.85. The summed E-state index contributed by atoms with van der Waals surface area (Å²) >= 11 is 5.89. The number of aromatic hydroxyl groups is 1. The Hall–Kier alpha value is -2.78. The van der Waals surface area contributed by atoms with Gasteiger partial charge in [0, 0.05) is 11.8 Å². The average Bonchev–Trinajstić information content (AvgIpc) is 2.75. The number of aromatic nitrogens is 3. The van der Waals surface area contributed by atoms with Gasteiger partial charge >= 0.3 is 0 Å². The molecule has 2 heterocycles. The summed E-state index contributed by atoms with van der Waals surface area (Å²) in [6.07, 6.45) is 1.48. The molecule has 0 radical (unpaired) electrons. The summed E-state index contributed by atoms with van der Waals surface area (Å²) in [5.41, 5.74) is 9.07. The lowest BCUT2D eigenvalue weighted by atomic mass is 10.1. The second kappa shape index (κ2) is 4.90. The van der Waals surface area contributed by atoms with Gasteiger partial charge in [-0.2, -0.15) is 10.2 Å². The number of phenols is 1. The second-order valence-electron chi connectivity index (χ2n) is 4.96. The number of aryl methyl sites for hydroxylation is 1. The van der Waals surface area contributed by atoms with E-state index in [2.05, 4.69) is 16.0 Å². The van der Waals surface area contributed by atoms with Gasteiger partial charge in [0.15, 0.2) is 5.65 Å². The second-order valence-corrected chi connectivity index (χ2v) is 5.30. The number of halogens is 1. The van der Waals surface area contributed by atoms with Gasteiger partial charge in [-0.25, -0.2) is 4.98 Å². The maximum atomic E-state index is 9.99. The molecule has 0 aliphatic heterocycles. The maximum absolute atomic E-state index is 9.99. The molecule has 0 spiro atoms. The molecular formula is C15H12ClN5O. The molecule has 3 aromatic rings. The number of nitrogens with zero attached hydrogens (tertiary/aromatic N) is 4. The Bertz CT molecular complexity index is 955. The van der Waals surface area contributed by atoms with E-state index in [0.717, 1.165) is 5.56 Å². The van der Waals surface area contributed by atoms with Crippen molar-refractivity contribution in [3.05, 3.63) is 40.3 Å². The van der Waals surface area contributed by atoms with E-state index in [0.29, 0.717) is 22.3 Å². The molecule has 0 aliphatic carbocycles. The SMILES string of the molecule is Cc1ccc(O)c(C)c1-n1c(N)c(C#N)c2cnc(Cl)nc21. The molecule has 3 N–H and O–H groups in total. The molecule has 1 aromatic carbocycles. The number of phenolic OH excluding ortho intramolecular Hbond substituents is 1. The van der Waals surface area contributed by atoms with E-state index in [-0.39, 0.29) is 22.4 Å². The summed E-state index contributed by atoms with van der Waals surface area (Å²) in [6.45, 7) is 3.67. The van der Waals surface area contributed by atoms with Crippen LogP contribution in [0.5, 0.6) is 5.75 Å². The minimum atomic E-state index is 0.0613. The van der Waals surface area contributed by atoms with Crippen LogP contribution < -0.4 is 5.73 Å². The van der Waals surface area contributed by atoms with Crippen LogP contribution in [0.25, 0.3) is 16.7 Å². The third-order valence-electron chi connectivity index (χ3n) is 3.66. The van der Waals surface area contributed by atoms with Gasteiger partial charge in [0.2, 0.25) is 5.28 Å². The van der Waals surface area contributed by atoms with Crippen LogP contribution in [0.3, 0.4) is 0 Å². The van der Waals surface area contributed by atoms with Gasteiger partial charge in [-0.05, 0) is 37.1 Å². The number of nitrogen functional groups attached to an aromatic ring is 1. The highest BCUT2D eigenvalue weighted by Gasteiger charge is 2.21. The largest absolute Gasteiger partial charge is 0.508 e. The normalized spacial score (nSPS) is 10.8. The van der Waals surface area contributed by atoms with E-state index in [1.165, 1.54) is 6.20 Å². The van der Waals surface area contributed by atoms with E-state index in [1.807, 2.05) is 6.92 Å². The van der Waals surface area contributed by atoms with Crippen LogP contribution >= 0.6 is 11.6 Å². The average molecular weight is 314 g/mol. The number of nitrogens with two attached hydrogens (primary N) is 1. The quantitative estimate of drug-likeness (QED) is 0.673. The van der Waals surface area contributed by atoms with Gasteiger partial charge in [0.25, 0.3) is 0 Å². The third kappa shape index (κ3) is 1.87. The molecule has 0 saturated carbocycles. The first kappa shape index (κ1) is 14.2. The lowest BCUT2D eigenvalue weighted by molar-refractivity contribution is 0.470. The minimum Gasteiger partial charge on any atom is -0.508 e. The lowest BCUT2D eigenvalue weighted by Gasteiger charge is -2.15. The highest BCUT2D eigenvalue weighted by atomic mass is 35.5. The zero-order chi connectivity index (χ0) is 16.0. The van der Waals surface area contributed by atoms with E-state index in [9.17, 15) is 10.4 Å². The summed E-state index contributed by atoms with van der Waals surface area (Å²) in [4.78, 5) is 8.11. The summed E-state index contributed by atoms with van der Waals surface area (Å²) in [5, 5.41) is 19.9. The Morgan fingerprint density at radius 1 is 1.36 bits per heavy atom. The first-order valence-corrected chi connectivity index (χ1v) is 6.85. The van der Waals surface area contributed by atoms with Crippen molar-refractivity contribution < 1.29 is 5.11 Å². The Kier molecular flexibility index (Phi) is 3.15. The van der Waals surface area contributed by atoms with Gasteiger partial charge in [-0.3, -0.25) is 4.57 Å². The number of rotatable bonds is 1. The van der Waals surface area contributed by atoms with Crippen LogP contribution in [0.15, 0.2) is 18.3 Å². The maximum Gasteiger partial charge on any atom is 0.224 e. The van der Waals surface area contributed by atoms with E-state index < -0.39 is 0 Å². The number of anilines is 1. The van der Waals surface area contributed by atoms with E-state index >= 15 is 0 Å². The van der Waals surface area contributed by atoms with Crippen molar-refractivity contribution in [2.24, 2.45) is 0 Å². The van der Waals surface area contributed by atoms with Gasteiger partial charge in [0.1, 0.15) is 23.2 Å². The smallest absolute Gasteiger partial charge is 0.224 e. The molecule has 2 aromatic heterocycles. The summed E-state index contributed by atoms with van der Waals surface area (Å²) < 4.78 is 1.63. The van der Waals surface area contributed by atoms with Crippen LogP contribution in [0.1, 0.15) is 16.7 Å². The molecule has 0 unspecified atom stereocenters. The van der Waals surface area contributed by atoms with Crippen molar-refractivity contribution in [3.8, 4) is 17.5 Å². The predicted molar refractivity (Wildman–Crippen MR) is 84.1 cm³/mol. The van der Waals surface area contributed by atoms with E-state index in [4.69, 9.17) is 17.3 Å². The molecule has 0 bridgehead atoms. The van der Waals surface area contributed by atoms with Gasteiger partial charge in [-0.1, -0.05) is 6.07 Å². The van der Waals surface area contributed by atoms with Crippen LogP contribution in [0, 0.1) is 25.2 Å². The van der Waals surface area contributed by atoms with E-state index in [1.54, 1.807) is 23.6 Å². The molecule has 7 heteroatoms. The summed E-state index contributed by atoms with van der Waals surface area (Å²) in [6, 6.07) is 5.46. The van der Waals surface area contributed by atoms with Crippen molar-refractivity contribution in [2.45, 2.75) is 13.8 Å². The standard InChI is InChI=1S/C15H12ClN5O/c1-7-3-4-11(22)8(2)12(7)21-13(18)9(5-17)10-6-19-15(16)20-14(10)21/h3-4,6,22H,18H2,1-2H3. The Labute approximate surface area is 131 Å². The zero-order valence-electron chi connectivity index (χ0n) is 11.9. The van der Waals surface area contributed by atoms with Crippen molar-refractivity contribution in [1.29, 1.82) is 5.26 Å². The van der Waals surface area contributed by atoms with Crippen LogP contribution in [0.2, 0.25) is 5.28 Å². The molecule has 0 atom stereocenters. The Balaban J connectivity index is 2.53. The van der Waals surface area contributed by atoms with Crippen molar-refractivity contribution in [1.82, 2.24) is 14.5 Å². The molecule has 22 heavy (non-hydrogen) atoms. The number of benzene rings is 1. The zero-order valence-corrected chi connectivity index (χ0v) is 12.7. The van der Waals surface area contributed by atoms with Gasteiger partial charge < -0.3 is 10.8 Å². The first-order chi connectivity index (χ1) is 10.5. The molecule has 0 fully saturated rings. The van der Waals surface area contributed by atoms with Gasteiger partial charge in [-0.15, -0.1) is 0 Å². The fourth-order valence-electron chi connectivity index (χ4n) is 2.58. The fraction of sp³-hybridized carbons (Fsp3) is 0.133. The highest BCUT2D eigenvalue weighted by Crippen LogP contribution is 2.35. The highest BCUT2D eigenvalue weighted by molar-refractivity contribution is 6.28. The molecule has 6 nitrogen and oxygen atoms in total. The monoisotopic (exact) mass is 313 g/mol. The molecule has 3 rings (SSSR count). The summed E-state index contributed by atoms with van der Waals surface area (Å²) in [7, 11) is 0. The van der Waals surface area contributed by atoms with Crippen molar-refractivity contribution in [3.63, 3.8) is 0 Å². The third-order valence-corrected chi connectivity index (χ3v) is 3.84. The Morgan fingerprint density at radius 3 is 2.77 bits per heavy atom. The molecule has 0 saturated heterocycles. The topological polar surface area (TPSA) is 101 Å². The summed E-state index contributed by atoms with van der Waals surface area (Å²) in [5.74, 6) is 0.381. The lowest BCUT2D eigenvalue weighted by Crippen LogP contribution is -2.05. The molecule has 110 valence electrons. The fourth-order valence-corrected chi connectivity index (χ4v) is 2.70. The number of fused-ring (bicyclic) bond motifs is 1. The van der Waals surface area contributed by atoms with Crippen LogP contribution in [-0.4, -0.2) is 19.6 Å². The first-order valence-electron chi connectivity index (χ1n) is 6.47. The molecule has 0 aliphatic rings. The van der Waals surface area contributed by atoms with Crippen LogP contribution in [0.4, 0.5) is 5.82 Å². The molecular weight excluding hydrogens is 302 g/mol. The molecule has 0 amide bonds. The van der Waals surface area contributed by atoms with Gasteiger partial charge in [0.05, 0.1) is 11.1 Å².